The molecule has 10 heteroatoms. The average molecular weight is 481 g/mol. The lowest BCUT2D eigenvalue weighted by Gasteiger charge is -2.20. The third kappa shape index (κ3) is 9.50. The Balaban J connectivity index is 1.93. The maximum absolute atomic E-state index is 12.6. The molecule has 10 nitrogen and oxygen atoms in total. The SMILES string of the molecule is N=C(N)c1ccc(/C=C/CCC(=O)N[C@@H](CC(=O)O)C(=O)N[C@@H](Cc2ccccc2)C(=O)O)cc1. The summed E-state index contributed by atoms with van der Waals surface area (Å²) >= 11 is 0. The summed E-state index contributed by atoms with van der Waals surface area (Å²) in [7, 11) is 0. The van der Waals surface area contributed by atoms with Crippen molar-refractivity contribution < 1.29 is 29.4 Å². The molecule has 2 rings (SSSR count). The monoisotopic (exact) mass is 480 g/mol. The predicted molar refractivity (Wildman–Crippen MR) is 130 cm³/mol. The van der Waals surface area contributed by atoms with Gasteiger partial charge < -0.3 is 26.6 Å². The number of nitrogens with one attached hydrogen (secondary N) is 3. The molecule has 2 amide bonds. The topological polar surface area (TPSA) is 183 Å². The molecular weight excluding hydrogens is 452 g/mol. The first-order chi connectivity index (χ1) is 16.7. The van der Waals surface area contributed by atoms with Crippen LogP contribution in [0.25, 0.3) is 6.08 Å². The minimum absolute atomic E-state index is 0.00218. The number of carbonyl (C=O) groups excluding carboxylic acids is 2. The molecule has 0 saturated heterocycles. The van der Waals surface area contributed by atoms with Crippen molar-refractivity contribution in [3.63, 3.8) is 0 Å². The van der Waals surface area contributed by atoms with E-state index in [2.05, 4.69) is 10.6 Å². The van der Waals surface area contributed by atoms with Gasteiger partial charge in [-0.15, -0.1) is 0 Å². The van der Waals surface area contributed by atoms with E-state index in [-0.39, 0.29) is 18.7 Å². The van der Waals surface area contributed by atoms with Gasteiger partial charge in [-0.05, 0) is 17.5 Å². The van der Waals surface area contributed by atoms with E-state index in [0.29, 0.717) is 17.5 Å². The van der Waals surface area contributed by atoms with Gasteiger partial charge in [0.2, 0.25) is 11.8 Å². The summed E-state index contributed by atoms with van der Waals surface area (Å²) in [5.41, 5.74) is 7.53. The van der Waals surface area contributed by atoms with E-state index in [0.717, 1.165) is 5.56 Å². The van der Waals surface area contributed by atoms with Crippen LogP contribution in [0.1, 0.15) is 36.0 Å². The second-order valence-electron chi connectivity index (χ2n) is 7.78. The Morgan fingerprint density at radius 1 is 0.943 bits per heavy atom. The quantitative estimate of drug-likeness (QED) is 0.185. The number of hydrogen-bond acceptors (Lipinski definition) is 5. The molecule has 0 fully saturated rings. The van der Waals surface area contributed by atoms with Crippen molar-refractivity contribution in [3.05, 3.63) is 77.4 Å². The van der Waals surface area contributed by atoms with Gasteiger partial charge in [-0.2, -0.15) is 0 Å². The molecule has 7 N–H and O–H groups in total. The van der Waals surface area contributed by atoms with Crippen molar-refractivity contribution in [1.82, 2.24) is 10.6 Å². The number of aliphatic carboxylic acids is 2. The molecule has 2 atom stereocenters. The molecule has 35 heavy (non-hydrogen) atoms. The van der Waals surface area contributed by atoms with Crippen LogP contribution in [0.5, 0.6) is 0 Å². The zero-order valence-corrected chi connectivity index (χ0v) is 18.9. The van der Waals surface area contributed by atoms with Crippen LogP contribution in [-0.2, 0) is 25.6 Å². The highest BCUT2D eigenvalue weighted by Crippen LogP contribution is 2.08. The van der Waals surface area contributed by atoms with Crippen molar-refractivity contribution in [1.29, 1.82) is 5.41 Å². The van der Waals surface area contributed by atoms with E-state index >= 15 is 0 Å². The summed E-state index contributed by atoms with van der Waals surface area (Å²) < 4.78 is 0. The van der Waals surface area contributed by atoms with Crippen molar-refractivity contribution in [2.75, 3.05) is 0 Å². The summed E-state index contributed by atoms with van der Waals surface area (Å²) in [6, 6.07) is 12.9. The van der Waals surface area contributed by atoms with Gasteiger partial charge in [0.15, 0.2) is 0 Å². The Morgan fingerprint density at radius 2 is 1.60 bits per heavy atom. The first-order valence-electron chi connectivity index (χ1n) is 10.8. The van der Waals surface area contributed by atoms with E-state index in [9.17, 15) is 24.3 Å². The van der Waals surface area contributed by atoms with Crippen LogP contribution in [-0.4, -0.2) is 51.9 Å². The Morgan fingerprint density at radius 3 is 2.17 bits per heavy atom. The van der Waals surface area contributed by atoms with Crippen LogP contribution in [0.2, 0.25) is 0 Å². The first kappa shape index (κ1) is 26.8. The predicted octanol–water partition coefficient (Wildman–Crippen LogP) is 1.54. The summed E-state index contributed by atoms with van der Waals surface area (Å²) in [5.74, 6) is -4.05. The fourth-order valence-electron chi connectivity index (χ4n) is 3.18. The molecule has 0 bridgehead atoms. The molecule has 0 aromatic heterocycles. The fourth-order valence-corrected chi connectivity index (χ4v) is 3.18. The number of carboxylic acids is 2. The fraction of sp³-hybridized carbons (Fsp3) is 0.240. The highest BCUT2D eigenvalue weighted by molar-refractivity contribution is 5.95. The summed E-state index contributed by atoms with van der Waals surface area (Å²) in [6.45, 7) is 0. The van der Waals surface area contributed by atoms with Crippen LogP contribution < -0.4 is 16.4 Å². The highest BCUT2D eigenvalue weighted by atomic mass is 16.4. The van der Waals surface area contributed by atoms with Crippen LogP contribution in [0.15, 0.2) is 60.7 Å². The number of nitrogen functional groups attached to an aromatic ring is 1. The van der Waals surface area contributed by atoms with E-state index in [4.69, 9.17) is 16.2 Å². The van der Waals surface area contributed by atoms with Crippen LogP contribution >= 0.6 is 0 Å². The smallest absolute Gasteiger partial charge is 0.326 e. The maximum Gasteiger partial charge on any atom is 0.326 e. The molecule has 0 radical (unpaired) electrons. The Bertz CT molecular complexity index is 1080. The van der Waals surface area contributed by atoms with E-state index in [1.54, 1.807) is 66.7 Å². The molecule has 0 aliphatic rings. The number of amidine groups is 1. The van der Waals surface area contributed by atoms with E-state index < -0.39 is 42.3 Å². The normalized spacial score (nSPS) is 12.5. The molecule has 0 saturated carbocycles. The van der Waals surface area contributed by atoms with Gasteiger partial charge in [0.1, 0.15) is 17.9 Å². The molecule has 0 unspecified atom stereocenters. The summed E-state index contributed by atoms with van der Waals surface area (Å²) in [4.78, 5) is 47.7. The van der Waals surface area contributed by atoms with Gasteiger partial charge >= 0.3 is 11.9 Å². The van der Waals surface area contributed by atoms with Crippen molar-refractivity contribution >= 4 is 35.7 Å². The second-order valence-corrected chi connectivity index (χ2v) is 7.78. The summed E-state index contributed by atoms with van der Waals surface area (Å²) in [6.07, 6.45) is 3.17. The zero-order valence-electron chi connectivity index (χ0n) is 18.9. The van der Waals surface area contributed by atoms with Crippen LogP contribution in [0.3, 0.4) is 0 Å². The van der Waals surface area contributed by atoms with Gasteiger partial charge in [0.05, 0.1) is 6.42 Å². The number of rotatable bonds is 13. The molecule has 0 aliphatic carbocycles. The van der Waals surface area contributed by atoms with Crippen LogP contribution in [0, 0.1) is 5.41 Å². The number of benzene rings is 2. The first-order valence-corrected chi connectivity index (χ1v) is 10.8. The second kappa shape index (κ2) is 13.3. The number of amides is 2. The average Bonchev–Trinajstić information content (AvgIpc) is 2.81. The van der Waals surface area contributed by atoms with Gasteiger partial charge in [0, 0.05) is 18.4 Å². The lowest BCUT2D eigenvalue weighted by atomic mass is 10.0. The van der Waals surface area contributed by atoms with Gasteiger partial charge in [0.25, 0.3) is 0 Å². The van der Waals surface area contributed by atoms with Gasteiger partial charge in [-0.25, -0.2) is 4.79 Å². The van der Waals surface area contributed by atoms with Gasteiger partial charge in [-0.3, -0.25) is 19.8 Å². The molecule has 0 aliphatic heterocycles. The van der Waals surface area contributed by atoms with Crippen molar-refractivity contribution in [3.8, 4) is 0 Å². The van der Waals surface area contributed by atoms with Crippen LogP contribution in [0.4, 0.5) is 0 Å². The number of carbonyl (C=O) groups is 4. The molecule has 2 aromatic rings. The molecule has 2 aromatic carbocycles. The molecular formula is C25H28N4O6. The lowest BCUT2D eigenvalue weighted by molar-refractivity contribution is -0.143. The minimum Gasteiger partial charge on any atom is -0.481 e. The molecule has 0 spiro atoms. The standard InChI is InChI=1S/C25H28N4O6/c26-23(27)18-12-10-16(11-13-18)6-4-5-9-21(30)28-19(15-22(31)32)24(33)29-20(25(34)35)14-17-7-2-1-3-8-17/h1-4,6-8,10-13,19-20H,5,9,14-15H2,(H3,26,27)(H,28,30)(H,29,33)(H,31,32)(H,34,35)/b6-4+/t19-,20-/m0/s1. The Hall–Kier alpha value is -4.47. The minimum atomic E-state index is -1.42. The van der Waals surface area contributed by atoms with Crippen molar-refractivity contribution in [2.45, 2.75) is 37.8 Å². The number of allylic oxidation sites excluding steroid dienone is 1. The number of hydrogen-bond donors (Lipinski definition) is 6. The highest BCUT2D eigenvalue weighted by Gasteiger charge is 2.28. The Labute approximate surface area is 202 Å². The van der Waals surface area contributed by atoms with E-state index in [1.807, 2.05) is 0 Å². The number of nitrogens with two attached hydrogens (primary N) is 1. The molecule has 0 heterocycles. The summed E-state index contributed by atoms with van der Waals surface area (Å²) in [5, 5.41) is 30.7. The zero-order chi connectivity index (χ0) is 25.8. The third-order valence-electron chi connectivity index (χ3n) is 5.00. The lowest BCUT2D eigenvalue weighted by Crippen LogP contribution is -2.52. The Kier molecular flexibility index (Phi) is 10.2. The van der Waals surface area contributed by atoms with Gasteiger partial charge in [-0.1, -0.05) is 66.7 Å². The van der Waals surface area contributed by atoms with E-state index in [1.165, 1.54) is 0 Å². The number of carboxylic acid groups (broad SMARTS) is 2. The van der Waals surface area contributed by atoms with Crippen molar-refractivity contribution in [2.24, 2.45) is 5.73 Å². The third-order valence-corrected chi connectivity index (χ3v) is 5.00. The largest absolute Gasteiger partial charge is 0.481 e. The molecule has 184 valence electrons. The maximum atomic E-state index is 12.6.